The van der Waals surface area contributed by atoms with Gasteiger partial charge in [0.05, 0.1) is 0 Å². The van der Waals surface area contributed by atoms with Crippen LogP contribution >= 0.6 is 0 Å². The van der Waals surface area contributed by atoms with Gasteiger partial charge in [0.1, 0.15) is 0 Å². The fourth-order valence-electron chi connectivity index (χ4n) is 3.71. The van der Waals surface area contributed by atoms with Gasteiger partial charge in [0, 0.05) is 44.1 Å². The fourth-order valence-corrected chi connectivity index (χ4v) is 3.71. The van der Waals surface area contributed by atoms with Crippen LogP contribution in [0.25, 0.3) is 0 Å². The summed E-state index contributed by atoms with van der Waals surface area (Å²) in [7, 11) is 0. The molecule has 1 saturated carbocycles. The summed E-state index contributed by atoms with van der Waals surface area (Å²) in [5.74, 6) is 1.87. The zero-order valence-corrected chi connectivity index (χ0v) is 13.5. The molecular weight excluding hydrogens is 260 g/mol. The molecule has 116 valence electrons. The molecule has 0 spiro atoms. The molecule has 0 aromatic carbocycles. The Bertz CT molecular complexity index is 440. The van der Waals surface area contributed by atoms with Crippen molar-refractivity contribution >= 4 is 5.95 Å². The highest BCUT2D eigenvalue weighted by Crippen LogP contribution is 2.25. The van der Waals surface area contributed by atoms with Crippen LogP contribution < -0.4 is 4.90 Å². The molecule has 0 unspecified atom stereocenters. The van der Waals surface area contributed by atoms with E-state index in [2.05, 4.69) is 33.6 Å². The van der Waals surface area contributed by atoms with Crippen molar-refractivity contribution in [3.63, 3.8) is 0 Å². The molecule has 4 nitrogen and oxygen atoms in total. The standard InChI is InChI=1S/C17H28N4/c1-14-12-15(2)19-17(18-14)21-10-8-20(9-11-21)13-16-6-4-3-5-7-16/h12,16H,3-11,13H2,1-2H3. The number of piperazine rings is 1. The molecule has 0 atom stereocenters. The van der Waals surface area contributed by atoms with Gasteiger partial charge in [0.15, 0.2) is 0 Å². The van der Waals surface area contributed by atoms with E-state index >= 15 is 0 Å². The first-order valence-corrected chi connectivity index (χ1v) is 8.50. The van der Waals surface area contributed by atoms with Gasteiger partial charge in [-0.15, -0.1) is 0 Å². The normalized spacial score (nSPS) is 21.7. The summed E-state index contributed by atoms with van der Waals surface area (Å²) in [5.41, 5.74) is 2.14. The van der Waals surface area contributed by atoms with Crippen LogP contribution in [0.5, 0.6) is 0 Å². The Hall–Kier alpha value is -1.16. The average molecular weight is 288 g/mol. The maximum absolute atomic E-state index is 4.59. The van der Waals surface area contributed by atoms with Gasteiger partial charge in [-0.1, -0.05) is 19.3 Å². The summed E-state index contributed by atoms with van der Waals surface area (Å²) in [4.78, 5) is 14.2. The highest BCUT2D eigenvalue weighted by molar-refractivity contribution is 5.32. The highest BCUT2D eigenvalue weighted by Gasteiger charge is 2.22. The number of hydrogen-bond donors (Lipinski definition) is 0. The van der Waals surface area contributed by atoms with E-state index in [-0.39, 0.29) is 0 Å². The van der Waals surface area contributed by atoms with Crippen LogP contribution in [0.2, 0.25) is 0 Å². The largest absolute Gasteiger partial charge is 0.338 e. The summed E-state index contributed by atoms with van der Waals surface area (Å²) in [6.45, 7) is 9.86. The molecule has 0 bridgehead atoms. The summed E-state index contributed by atoms with van der Waals surface area (Å²) in [5, 5.41) is 0. The second-order valence-corrected chi connectivity index (χ2v) is 6.74. The lowest BCUT2D eigenvalue weighted by molar-refractivity contribution is 0.191. The fraction of sp³-hybridized carbons (Fsp3) is 0.765. The van der Waals surface area contributed by atoms with Crippen LogP contribution in [0.1, 0.15) is 43.5 Å². The minimum Gasteiger partial charge on any atom is -0.338 e. The number of rotatable bonds is 3. The van der Waals surface area contributed by atoms with Crippen LogP contribution in [-0.2, 0) is 0 Å². The van der Waals surface area contributed by atoms with Crippen molar-refractivity contribution in [1.82, 2.24) is 14.9 Å². The number of hydrogen-bond acceptors (Lipinski definition) is 4. The molecule has 0 radical (unpaired) electrons. The molecule has 3 rings (SSSR count). The van der Waals surface area contributed by atoms with Gasteiger partial charge >= 0.3 is 0 Å². The van der Waals surface area contributed by atoms with Crippen molar-refractivity contribution in [3.8, 4) is 0 Å². The van der Waals surface area contributed by atoms with Crippen molar-refractivity contribution in [2.45, 2.75) is 46.0 Å². The Labute approximate surface area is 128 Å². The zero-order valence-electron chi connectivity index (χ0n) is 13.5. The van der Waals surface area contributed by atoms with Gasteiger partial charge in [-0.25, -0.2) is 9.97 Å². The third-order valence-corrected chi connectivity index (χ3v) is 4.87. The van der Waals surface area contributed by atoms with E-state index in [1.54, 1.807) is 0 Å². The van der Waals surface area contributed by atoms with E-state index in [1.807, 2.05) is 6.07 Å². The smallest absolute Gasteiger partial charge is 0.225 e. The van der Waals surface area contributed by atoms with E-state index in [0.29, 0.717) is 0 Å². The lowest BCUT2D eigenvalue weighted by Gasteiger charge is -2.37. The van der Waals surface area contributed by atoms with Gasteiger partial charge in [-0.3, -0.25) is 4.90 Å². The van der Waals surface area contributed by atoms with Crippen molar-refractivity contribution < 1.29 is 0 Å². The Morgan fingerprint density at radius 1 is 0.952 bits per heavy atom. The van der Waals surface area contributed by atoms with E-state index < -0.39 is 0 Å². The minimum absolute atomic E-state index is 0.921. The molecule has 1 saturated heterocycles. The minimum atomic E-state index is 0.921. The van der Waals surface area contributed by atoms with E-state index in [9.17, 15) is 0 Å². The second-order valence-electron chi connectivity index (χ2n) is 6.74. The maximum atomic E-state index is 4.59. The number of aryl methyl sites for hydroxylation is 2. The Balaban J connectivity index is 1.52. The monoisotopic (exact) mass is 288 g/mol. The molecule has 4 heteroatoms. The molecule has 0 N–H and O–H groups in total. The molecule has 1 aliphatic heterocycles. The van der Waals surface area contributed by atoms with Crippen molar-refractivity contribution in [2.75, 3.05) is 37.6 Å². The molecule has 1 aromatic rings. The second kappa shape index (κ2) is 6.73. The van der Waals surface area contributed by atoms with Crippen LogP contribution in [0, 0.1) is 19.8 Å². The molecule has 2 heterocycles. The zero-order chi connectivity index (χ0) is 14.7. The van der Waals surface area contributed by atoms with Crippen molar-refractivity contribution in [3.05, 3.63) is 17.5 Å². The third kappa shape index (κ3) is 3.94. The van der Waals surface area contributed by atoms with Crippen molar-refractivity contribution in [2.24, 2.45) is 5.92 Å². The quantitative estimate of drug-likeness (QED) is 0.856. The summed E-state index contributed by atoms with van der Waals surface area (Å²) >= 11 is 0. The first kappa shape index (κ1) is 14.8. The summed E-state index contributed by atoms with van der Waals surface area (Å²) < 4.78 is 0. The lowest BCUT2D eigenvalue weighted by Crippen LogP contribution is -2.48. The number of nitrogens with zero attached hydrogens (tertiary/aromatic N) is 4. The van der Waals surface area contributed by atoms with Gasteiger partial charge in [0.25, 0.3) is 0 Å². The average Bonchev–Trinajstić information content (AvgIpc) is 2.48. The number of aromatic nitrogens is 2. The van der Waals surface area contributed by atoms with Gasteiger partial charge < -0.3 is 4.90 Å². The molecule has 21 heavy (non-hydrogen) atoms. The van der Waals surface area contributed by atoms with Crippen molar-refractivity contribution in [1.29, 1.82) is 0 Å². The SMILES string of the molecule is Cc1cc(C)nc(N2CCN(CC3CCCCC3)CC2)n1. The summed E-state index contributed by atoms with van der Waals surface area (Å²) in [6.07, 6.45) is 7.23. The Morgan fingerprint density at radius 2 is 1.57 bits per heavy atom. The van der Waals surface area contributed by atoms with E-state index in [0.717, 1.165) is 49.4 Å². The van der Waals surface area contributed by atoms with Gasteiger partial charge in [0.2, 0.25) is 5.95 Å². The Kier molecular flexibility index (Phi) is 4.73. The molecule has 2 aliphatic rings. The van der Waals surface area contributed by atoms with Crippen LogP contribution in [-0.4, -0.2) is 47.6 Å². The topological polar surface area (TPSA) is 32.3 Å². The lowest BCUT2D eigenvalue weighted by atomic mass is 9.89. The predicted octanol–water partition coefficient (Wildman–Crippen LogP) is 2.80. The molecular formula is C17H28N4. The first-order chi connectivity index (χ1) is 10.2. The molecule has 2 fully saturated rings. The van der Waals surface area contributed by atoms with Gasteiger partial charge in [-0.2, -0.15) is 0 Å². The highest BCUT2D eigenvalue weighted by atomic mass is 15.3. The van der Waals surface area contributed by atoms with Crippen LogP contribution in [0.15, 0.2) is 6.07 Å². The predicted molar refractivity (Wildman–Crippen MR) is 86.7 cm³/mol. The molecule has 1 aliphatic carbocycles. The molecule has 1 aromatic heterocycles. The maximum Gasteiger partial charge on any atom is 0.225 e. The van der Waals surface area contributed by atoms with E-state index in [4.69, 9.17) is 0 Å². The van der Waals surface area contributed by atoms with Crippen LogP contribution in [0.3, 0.4) is 0 Å². The van der Waals surface area contributed by atoms with E-state index in [1.165, 1.54) is 38.6 Å². The first-order valence-electron chi connectivity index (χ1n) is 8.50. The van der Waals surface area contributed by atoms with Crippen LogP contribution in [0.4, 0.5) is 5.95 Å². The molecule has 0 amide bonds. The third-order valence-electron chi connectivity index (χ3n) is 4.87. The Morgan fingerprint density at radius 3 is 2.19 bits per heavy atom. The van der Waals surface area contributed by atoms with Gasteiger partial charge in [-0.05, 0) is 38.7 Å². The number of anilines is 1. The summed E-state index contributed by atoms with van der Waals surface area (Å²) in [6, 6.07) is 2.04.